The Morgan fingerprint density at radius 3 is 2.16 bits per heavy atom. The molecule has 124 valence electrons. The minimum absolute atomic E-state index is 0.285. The number of nitrogens with one attached hydrogen (secondary N) is 2. The Balaban J connectivity index is 1.64. The Morgan fingerprint density at radius 1 is 0.800 bits per heavy atom. The van der Waals surface area contributed by atoms with Crippen molar-refractivity contribution in [1.29, 1.82) is 0 Å². The van der Waals surface area contributed by atoms with Gasteiger partial charge in [-0.25, -0.2) is 4.98 Å². The molecule has 0 aliphatic rings. The molecule has 3 aromatic rings. The number of carbonyl (C=O) groups excluding carboxylic acids is 2. The summed E-state index contributed by atoms with van der Waals surface area (Å²) in [6, 6.07) is 14.9. The van der Waals surface area contributed by atoms with E-state index in [9.17, 15) is 9.59 Å². The minimum atomic E-state index is -0.315. The van der Waals surface area contributed by atoms with Crippen molar-refractivity contribution in [3.63, 3.8) is 0 Å². The third-order valence-corrected chi connectivity index (χ3v) is 3.51. The molecular formula is C18H13ClN4O2. The van der Waals surface area contributed by atoms with Gasteiger partial charge in [0.2, 0.25) is 0 Å². The van der Waals surface area contributed by atoms with Crippen molar-refractivity contribution >= 4 is 34.8 Å². The van der Waals surface area contributed by atoms with Gasteiger partial charge < -0.3 is 10.6 Å². The average molecular weight is 353 g/mol. The Bertz CT molecular complexity index is 881. The Kier molecular flexibility index (Phi) is 5.01. The van der Waals surface area contributed by atoms with Gasteiger partial charge in [-0.05, 0) is 48.5 Å². The quantitative estimate of drug-likeness (QED) is 0.702. The van der Waals surface area contributed by atoms with Crippen molar-refractivity contribution < 1.29 is 9.59 Å². The van der Waals surface area contributed by atoms with E-state index in [2.05, 4.69) is 20.6 Å². The van der Waals surface area contributed by atoms with Crippen molar-refractivity contribution in [2.45, 2.75) is 0 Å². The first-order valence-corrected chi connectivity index (χ1v) is 7.75. The summed E-state index contributed by atoms with van der Waals surface area (Å²) in [6.45, 7) is 0. The molecule has 0 saturated heterocycles. The van der Waals surface area contributed by atoms with Crippen LogP contribution in [0.25, 0.3) is 0 Å². The third-order valence-electron chi connectivity index (χ3n) is 3.29. The molecule has 0 saturated carbocycles. The topological polar surface area (TPSA) is 84.0 Å². The van der Waals surface area contributed by atoms with Gasteiger partial charge in [0.05, 0.1) is 11.9 Å². The second-order valence-corrected chi connectivity index (χ2v) is 5.46. The first-order chi connectivity index (χ1) is 12.1. The van der Waals surface area contributed by atoms with E-state index in [-0.39, 0.29) is 11.8 Å². The molecule has 0 radical (unpaired) electrons. The molecule has 6 nitrogen and oxygen atoms in total. The number of anilines is 2. The molecular weight excluding hydrogens is 340 g/mol. The first kappa shape index (κ1) is 16.6. The van der Waals surface area contributed by atoms with Crippen molar-refractivity contribution in [2.75, 3.05) is 10.6 Å². The van der Waals surface area contributed by atoms with Crippen LogP contribution in [0.4, 0.5) is 11.4 Å². The molecule has 0 atom stereocenters. The second-order valence-electron chi connectivity index (χ2n) is 5.07. The van der Waals surface area contributed by atoms with E-state index in [1.807, 2.05) is 0 Å². The lowest BCUT2D eigenvalue weighted by atomic mass is 10.2. The number of rotatable bonds is 4. The largest absolute Gasteiger partial charge is 0.321 e. The Hall–Kier alpha value is -3.25. The zero-order valence-corrected chi connectivity index (χ0v) is 13.7. The Morgan fingerprint density at radius 2 is 1.52 bits per heavy atom. The molecule has 0 spiro atoms. The maximum atomic E-state index is 12.2. The van der Waals surface area contributed by atoms with E-state index in [0.29, 0.717) is 27.8 Å². The van der Waals surface area contributed by atoms with E-state index >= 15 is 0 Å². The van der Waals surface area contributed by atoms with Gasteiger partial charge in [0.15, 0.2) is 0 Å². The van der Waals surface area contributed by atoms with Crippen LogP contribution in [0.1, 0.15) is 20.8 Å². The normalized spacial score (nSPS) is 10.1. The monoisotopic (exact) mass is 352 g/mol. The highest BCUT2D eigenvalue weighted by atomic mass is 35.5. The van der Waals surface area contributed by atoms with E-state index in [4.69, 9.17) is 11.6 Å². The predicted molar refractivity (Wildman–Crippen MR) is 95.8 cm³/mol. The van der Waals surface area contributed by atoms with Crippen LogP contribution in [0.3, 0.4) is 0 Å². The van der Waals surface area contributed by atoms with Crippen molar-refractivity contribution in [3.8, 4) is 0 Å². The highest BCUT2D eigenvalue weighted by Gasteiger charge is 2.09. The Labute approximate surface area is 148 Å². The fraction of sp³-hybridized carbons (Fsp3) is 0. The van der Waals surface area contributed by atoms with Gasteiger partial charge in [-0.3, -0.25) is 14.6 Å². The molecule has 2 aromatic heterocycles. The number of halogens is 1. The maximum Gasteiger partial charge on any atom is 0.274 e. The standard InChI is InChI=1S/C18H13ClN4O2/c19-16-9-8-14(11-21-16)23-17(24)12-4-6-13(7-5-12)22-18(25)15-3-1-2-10-20-15/h1-11H,(H,22,25)(H,23,24). The molecule has 25 heavy (non-hydrogen) atoms. The summed E-state index contributed by atoms with van der Waals surface area (Å²) in [5.41, 5.74) is 1.88. The summed E-state index contributed by atoms with van der Waals surface area (Å²) in [6.07, 6.45) is 3.02. The summed E-state index contributed by atoms with van der Waals surface area (Å²) in [5, 5.41) is 5.79. The van der Waals surface area contributed by atoms with Crippen LogP contribution in [0, 0.1) is 0 Å². The summed E-state index contributed by atoms with van der Waals surface area (Å²) in [7, 11) is 0. The molecule has 0 fully saturated rings. The van der Waals surface area contributed by atoms with Gasteiger partial charge in [-0.15, -0.1) is 0 Å². The molecule has 7 heteroatoms. The van der Waals surface area contributed by atoms with Crippen LogP contribution >= 0.6 is 11.6 Å². The predicted octanol–water partition coefficient (Wildman–Crippen LogP) is 3.63. The van der Waals surface area contributed by atoms with Gasteiger partial charge in [0.1, 0.15) is 10.8 Å². The molecule has 1 aromatic carbocycles. The van der Waals surface area contributed by atoms with Crippen molar-refractivity contribution in [3.05, 3.63) is 83.4 Å². The van der Waals surface area contributed by atoms with Gasteiger partial charge in [0, 0.05) is 17.4 Å². The van der Waals surface area contributed by atoms with Crippen molar-refractivity contribution in [2.24, 2.45) is 0 Å². The second kappa shape index (κ2) is 7.55. The van der Waals surface area contributed by atoms with Crippen LogP contribution in [0.15, 0.2) is 67.0 Å². The lowest BCUT2D eigenvalue weighted by molar-refractivity contribution is 0.101. The lowest BCUT2D eigenvalue weighted by Crippen LogP contribution is -2.14. The highest BCUT2D eigenvalue weighted by molar-refractivity contribution is 6.29. The molecule has 0 aliphatic heterocycles. The van der Waals surface area contributed by atoms with Gasteiger partial charge in [0.25, 0.3) is 11.8 Å². The maximum absolute atomic E-state index is 12.2. The zero-order valence-electron chi connectivity index (χ0n) is 12.9. The van der Waals surface area contributed by atoms with Crippen molar-refractivity contribution in [1.82, 2.24) is 9.97 Å². The van der Waals surface area contributed by atoms with Crippen LogP contribution < -0.4 is 10.6 Å². The molecule has 0 bridgehead atoms. The van der Waals surface area contributed by atoms with E-state index < -0.39 is 0 Å². The zero-order chi connectivity index (χ0) is 17.6. The number of hydrogen-bond donors (Lipinski definition) is 2. The molecule has 0 unspecified atom stereocenters. The molecule has 0 aliphatic carbocycles. The fourth-order valence-corrected chi connectivity index (χ4v) is 2.16. The van der Waals surface area contributed by atoms with Crippen LogP contribution in [-0.4, -0.2) is 21.8 Å². The number of pyridine rings is 2. The minimum Gasteiger partial charge on any atom is -0.321 e. The lowest BCUT2D eigenvalue weighted by Gasteiger charge is -2.07. The summed E-state index contributed by atoms with van der Waals surface area (Å²) in [5.74, 6) is -0.600. The van der Waals surface area contributed by atoms with Crippen LogP contribution in [-0.2, 0) is 0 Å². The number of aromatic nitrogens is 2. The van der Waals surface area contributed by atoms with Crippen LogP contribution in [0.5, 0.6) is 0 Å². The highest BCUT2D eigenvalue weighted by Crippen LogP contribution is 2.14. The summed E-state index contributed by atoms with van der Waals surface area (Å²) in [4.78, 5) is 32.1. The smallest absolute Gasteiger partial charge is 0.274 e. The SMILES string of the molecule is O=C(Nc1ccc(Cl)nc1)c1ccc(NC(=O)c2ccccn2)cc1. The number of nitrogens with zero attached hydrogens (tertiary/aromatic N) is 2. The van der Waals surface area contributed by atoms with E-state index in [1.54, 1.807) is 60.8 Å². The fourth-order valence-electron chi connectivity index (χ4n) is 2.05. The molecule has 3 rings (SSSR count). The number of amides is 2. The molecule has 2 amide bonds. The summed E-state index contributed by atoms with van der Waals surface area (Å²) < 4.78 is 0. The number of carbonyl (C=O) groups is 2. The van der Waals surface area contributed by atoms with E-state index in [1.165, 1.54) is 6.20 Å². The van der Waals surface area contributed by atoms with Gasteiger partial charge in [-0.2, -0.15) is 0 Å². The van der Waals surface area contributed by atoms with Gasteiger partial charge in [-0.1, -0.05) is 17.7 Å². The molecule has 2 heterocycles. The third kappa shape index (κ3) is 4.39. The van der Waals surface area contributed by atoms with E-state index in [0.717, 1.165) is 0 Å². The summed E-state index contributed by atoms with van der Waals surface area (Å²) >= 11 is 5.71. The average Bonchev–Trinajstić information content (AvgIpc) is 2.65. The van der Waals surface area contributed by atoms with Gasteiger partial charge >= 0.3 is 0 Å². The first-order valence-electron chi connectivity index (χ1n) is 7.37. The number of hydrogen-bond acceptors (Lipinski definition) is 4. The number of benzene rings is 1. The van der Waals surface area contributed by atoms with Crippen LogP contribution in [0.2, 0.25) is 5.15 Å². The molecule has 2 N–H and O–H groups in total.